The number of carbonyl (C=O) groups is 1. The van der Waals surface area contributed by atoms with E-state index in [0.717, 1.165) is 42.1 Å². The van der Waals surface area contributed by atoms with Crippen LogP contribution < -0.4 is 4.74 Å². The summed E-state index contributed by atoms with van der Waals surface area (Å²) in [5.74, 6) is 0.909. The Morgan fingerprint density at radius 2 is 1.93 bits per heavy atom. The minimum absolute atomic E-state index is 0.0123. The van der Waals surface area contributed by atoms with E-state index in [9.17, 15) is 4.79 Å². The number of para-hydroxylation sites is 1. The molecule has 0 N–H and O–H groups in total. The van der Waals surface area contributed by atoms with Gasteiger partial charge in [-0.15, -0.1) is 0 Å². The van der Waals surface area contributed by atoms with Crippen molar-refractivity contribution in [3.63, 3.8) is 0 Å². The quantitative estimate of drug-likeness (QED) is 0.677. The second-order valence-corrected chi connectivity index (χ2v) is 6.93. The molecule has 1 fully saturated rings. The lowest BCUT2D eigenvalue weighted by Gasteiger charge is -2.24. The summed E-state index contributed by atoms with van der Waals surface area (Å²) >= 11 is 0. The van der Waals surface area contributed by atoms with E-state index in [2.05, 4.69) is 11.1 Å². The third-order valence-corrected chi connectivity index (χ3v) is 5.17. The van der Waals surface area contributed by atoms with E-state index in [1.807, 2.05) is 41.3 Å². The Bertz CT molecular complexity index is 959. The predicted octanol–water partition coefficient (Wildman–Crippen LogP) is 4.05. The third kappa shape index (κ3) is 3.74. The molecule has 0 radical (unpaired) electrons. The van der Waals surface area contributed by atoms with Crippen molar-refractivity contribution in [1.29, 1.82) is 0 Å². The Kier molecular flexibility index (Phi) is 5.33. The van der Waals surface area contributed by atoms with Gasteiger partial charge < -0.3 is 9.64 Å². The molecule has 142 valence electrons. The maximum absolute atomic E-state index is 12.9. The Labute approximate surface area is 165 Å². The van der Waals surface area contributed by atoms with E-state index < -0.39 is 0 Å². The van der Waals surface area contributed by atoms with E-state index in [0.29, 0.717) is 12.0 Å². The number of ether oxygens (including phenoxy) is 1. The van der Waals surface area contributed by atoms with Crippen molar-refractivity contribution in [3.05, 3.63) is 89.5 Å². The Morgan fingerprint density at radius 1 is 1.11 bits per heavy atom. The Morgan fingerprint density at radius 3 is 2.75 bits per heavy atom. The molecule has 0 bridgehead atoms. The molecule has 0 saturated carbocycles. The van der Waals surface area contributed by atoms with Crippen molar-refractivity contribution in [2.45, 2.75) is 25.3 Å². The number of carbonyl (C=O) groups excluding carboxylic acids is 1. The van der Waals surface area contributed by atoms with Gasteiger partial charge in [0.15, 0.2) is 0 Å². The molecule has 0 aliphatic carbocycles. The molecule has 1 amide bonds. The maximum atomic E-state index is 12.9. The first-order chi connectivity index (χ1) is 13.8. The maximum Gasteiger partial charge on any atom is 0.254 e. The van der Waals surface area contributed by atoms with E-state index in [-0.39, 0.29) is 11.9 Å². The number of nitrogens with zero attached hydrogens (tertiary/aromatic N) is 3. The molecule has 5 nitrogen and oxygen atoms in total. The summed E-state index contributed by atoms with van der Waals surface area (Å²) in [6.07, 6.45) is 5.93. The largest absolute Gasteiger partial charge is 0.496 e. The van der Waals surface area contributed by atoms with Gasteiger partial charge in [0, 0.05) is 42.2 Å². The molecule has 5 heteroatoms. The highest BCUT2D eigenvalue weighted by molar-refractivity contribution is 5.94. The number of rotatable bonds is 5. The van der Waals surface area contributed by atoms with Crippen LogP contribution in [0.1, 0.15) is 46.2 Å². The first-order valence-electron chi connectivity index (χ1n) is 9.55. The number of hydrogen-bond acceptors (Lipinski definition) is 4. The van der Waals surface area contributed by atoms with Crippen LogP contribution in [0.2, 0.25) is 0 Å². The molecule has 2 aromatic heterocycles. The van der Waals surface area contributed by atoms with Crippen molar-refractivity contribution < 1.29 is 9.53 Å². The zero-order valence-electron chi connectivity index (χ0n) is 15.9. The van der Waals surface area contributed by atoms with Gasteiger partial charge in [-0.1, -0.05) is 24.3 Å². The molecule has 1 aromatic carbocycles. The molecule has 3 heterocycles. The van der Waals surface area contributed by atoms with Crippen LogP contribution in [0.25, 0.3) is 0 Å². The van der Waals surface area contributed by atoms with Gasteiger partial charge in [-0.3, -0.25) is 14.8 Å². The lowest BCUT2D eigenvalue weighted by Crippen LogP contribution is -2.31. The lowest BCUT2D eigenvalue weighted by atomic mass is 10.1. The van der Waals surface area contributed by atoms with Crippen LogP contribution in [0.15, 0.2) is 67.0 Å². The molecule has 1 saturated heterocycles. The fourth-order valence-electron chi connectivity index (χ4n) is 3.80. The summed E-state index contributed by atoms with van der Waals surface area (Å²) in [7, 11) is 1.68. The van der Waals surface area contributed by atoms with Crippen molar-refractivity contribution in [2.24, 2.45) is 0 Å². The molecule has 0 unspecified atom stereocenters. The molecular weight excluding hydrogens is 350 g/mol. The second kappa shape index (κ2) is 8.21. The molecular formula is C23H23N3O2. The predicted molar refractivity (Wildman–Crippen MR) is 107 cm³/mol. The lowest BCUT2D eigenvalue weighted by molar-refractivity contribution is 0.0732. The van der Waals surface area contributed by atoms with Crippen molar-refractivity contribution in [2.75, 3.05) is 13.7 Å². The van der Waals surface area contributed by atoms with Gasteiger partial charge in [0.1, 0.15) is 5.75 Å². The second-order valence-electron chi connectivity index (χ2n) is 6.93. The monoisotopic (exact) mass is 373 g/mol. The SMILES string of the molecule is COc1ccccc1Cc1cccc([C@H]2CCCN2C(=O)c2ccncc2)n1. The number of methoxy groups -OCH3 is 1. The zero-order chi connectivity index (χ0) is 19.3. The van der Waals surface area contributed by atoms with E-state index in [1.165, 1.54) is 0 Å². The van der Waals surface area contributed by atoms with E-state index in [1.54, 1.807) is 31.6 Å². The first-order valence-corrected chi connectivity index (χ1v) is 9.55. The Hall–Kier alpha value is -3.21. The summed E-state index contributed by atoms with van der Waals surface area (Å²) in [6, 6.07) is 17.6. The smallest absolute Gasteiger partial charge is 0.254 e. The van der Waals surface area contributed by atoms with Crippen molar-refractivity contribution >= 4 is 5.91 Å². The number of likely N-dealkylation sites (tertiary alicyclic amines) is 1. The van der Waals surface area contributed by atoms with Crippen molar-refractivity contribution in [1.82, 2.24) is 14.9 Å². The summed E-state index contributed by atoms with van der Waals surface area (Å²) in [5, 5.41) is 0. The van der Waals surface area contributed by atoms with Crippen LogP contribution in [-0.4, -0.2) is 34.4 Å². The van der Waals surface area contributed by atoms with Crippen LogP contribution in [-0.2, 0) is 6.42 Å². The van der Waals surface area contributed by atoms with Crippen molar-refractivity contribution in [3.8, 4) is 5.75 Å². The first kappa shape index (κ1) is 18.2. The third-order valence-electron chi connectivity index (χ3n) is 5.17. The van der Waals surface area contributed by atoms with E-state index in [4.69, 9.17) is 9.72 Å². The summed E-state index contributed by atoms with van der Waals surface area (Å²) in [6.45, 7) is 0.754. The van der Waals surface area contributed by atoms with Gasteiger partial charge in [-0.05, 0) is 43.2 Å². The number of pyridine rings is 2. The standard InChI is InChI=1S/C23H23N3O2/c1-28-22-10-3-2-6-18(22)16-19-7-4-8-20(25-19)21-9-5-15-26(21)23(27)17-11-13-24-14-12-17/h2-4,6-8,10-14,21H,5,9,15-16H2,1H3/t21-/m1/s1. The molecule has 1 aliphatic rings. The highest BCUT2D eigenvalue weighted by atomic mass is 16.5. The molecule has 3 aromatic rings. The highest BCUT2D eigenvalue weighted by Crippen LogP contribution is 2.32. The fraction of sp³-hybridized carbons (Fsp3) is 0.261. The topological polar surface area (TPSA) is 55.3 Å². The molecule has 1 aliphatic heterocycles. The molecule has 1 atom stereocenters. The van der Waals surface area contributed by atoms with Crippen LogP contribution in [0, 0.1) is 0 Å². The van der Waals surface area contributed by atoms with Crippen LogP contribution in [0.5, 0.6) is 5.75 Å². The Balaban J connectivity index is 1.57. The van der Waals surface area contributed by atoms with Gasteiger partial charge in [-0.25, -0.2) is 0 Å². The van der Waals surface area contributed by atoms with Crippen LogP contribution >= 0.6 is 0 Å². The summed E-state index contributed by atoms with van der Waals surface area (Å²) in [5.41, 5.74) is 3.70. The van der Waals surface area contributed by atoms with Gasteiger partial charge in [0.2, 0.25) is 0 Å². The van der Waals surface area contributed by atoms with Gasteiger partial charge >= 0.3 is 0 Å². The minimum Gasteiger partial charge on any atom is -0.496 e. The summed E-state index contributed by atoms with van der Waals surface area (Å²) in [4.78, 5) is 23.8. The zero-order valence-corrected chi connectivity index (χ0v) is 15.9. The highest BCUT2D eigenvalue weighted by Gasteiger charge is 2.31. The number of hydrogen-bond donors (Lipinski definition) is 0. The van der Waals surface area contributed by atoms with Gasteiger partial charge in [0.25, 0.3) is 5.91 Å². The number of benzene rings is 1. The molecule has 4 rings (SSSR count). The fourth-order valence-corrected chi connectivity index (χ4v) is 3.80. The average molecular weight is 373 g/mol. The minimum atomic E-state index is 0.0123. The van der Waals surface area contributed by atoms with E-state index >= 15 is 0 Å². The van der Waals surface area contributed by atoms with Gasteiger partial charge in [-0.2, -0.15) is 0 Å². The normalized spacial score (nSPS) is 16.2. The number of aromatic nitrogens is 2. The molecule has 0 spiro atoms. The summed E-state index contributed by atoms with van der Waals surface area (Å²) < 4.78 is 5.46. The van der Waals surface area contributed by atoms with Crippen LogP contribution in [0.4, 0.5) is 0 Å². The molecule has 28 heavy (non-hydrogen) atoms. The number of amides is 1. The van der Waals surface area contributed by atoms with Gasteiger partial charge in [0.05, 0.1) is 18.8 Å². The average Bonchev–Trinajstić information content (AvgIpc) is 3.24. The van der Waals surface area contributed by atoms with Crippen LogP contribution in [0.3, 0.4) is 0 Å².